The van der Waals surface area contributed by atoms with Crippen LogP contribution in [0.25, 0.3) is 11.3 Å². The molecule has 0 spiro atoms. The molecule has 22 heavy (non-hydrogen) atoms. The molecule has 0 fully saturated rings. The van der Waals surface area contributed by atoms with Gasteiger partial charge in [-0.25, -0.2) is 9.18 Å². The summed E-state index contributed by atoms with van der Waals surface area (Å²) in [7, 11) is 0. The Morgan fingerprint density at radius 2 is 2.00 bits per heavy atom. The quantitative estimate of drug-likeness (QED) is 0.910. The van der Waals surface area contributed by atoms with Crippen molar-refractivity contribution in [3.8, 4) is 11.3 Å². The highest BCUT2D eigenvalue weighted by Crippen LogP contribution is 2.25. The van der Waals surface area contributed by atoms with Gasteiger partial charge in [-0.05, 0) is 43.7 Å². The molecular weight excluding hydrogens is 287 g/mol. The molecule has 114 valence electrons. The van der Waals surface area contributed by atoms with Gasteiger partial charge in [-0.3, -0.25) is 9.78 Å². The summed E-state index contributed by atoms with van der Waals surface area (Å²) < 4.78 is 14.0. The number of amides is 1. The number of halogens is 1. The number of pyridine rings is 1. The number of nitrogens with zero attached hydrogens (tertiary/aromatic N) is 1. The first-order valence-corrected chi connectivity index (χ1v) is 6.72. The van der Waals surface area contributed by atoms with Crippen LogP contribution in [0, 0.1) is 12.7 Å². The Hall–Kier alpha value is -2.76. The third-order valence-corrected chi connectivity index (χ3v) is 3.23. The maximum Gasteiger partial charge on any atom is 0.337 e. The molecular formula is C16H15FN2O3. The van der Waals surface area contributed by atoms with Crippen LogP contribution in [0.1, 0.15) is 33.2 Å². The maximum atomic E-state index is 14.0. The first kappa shape index (κ1) is 15.6. The predicted octanol–water partition coefficient (Wildman–Crippen LogP) is 2.64. The number of rotatable bonds is 4. The Morgan fingerprint density at radius 1 is 1.27 bits per heavy atom. The standard InChI is InChI=1S/C16H15FN2O3/c1-3-18-15(20)11-6-12(9(2)13(17)7-11)14-5-4-10(8-19-14)16(21)22/h4-8H,3H2,1-2H3,(H,18,20)(H,21,22). The minimum atomic E-state index is -1.09. The van der Waals surface area contributed by atoms with Crippen LogP contribution >= 0.6 is 0 Å². The van der Waals surface area contributed by atoms with Crippen molar-refractivity contribution < 1.29 is 19.1 Å². The van der Waals surface area contributed by atoms with E-state index in [0.717, 1.165) is 0 Å². The van der Waals surface area contributed by atoms with E-state index in [1.54, 1.807) is 19.9 Å². The molecule has 2 N–H and O–H groups in total. The molecule has 5 nitrogen and oxygen atoms in total. The van der Waals surface area contributed by atoms with Crippen LogP contribution in [0.4, 0.5) is 4.39 Å². The molecule has 1 aromatic carbocycles. The Labute approximate surface area is 126 Å². The zero-order chi connectivity index (χ0) is 16.3. The number of carbonyl (C=O) groups is 2. The third-order valence-electron chi connectivity index (χ3n) is 3.23. The van der Waals surface area contributed by atoms with Gasteiger partial charge in [0.1, 0.15) is 5.82 Å². The minimum absolute atomic E-state index is 0.0433. The fourth-order valence-corrected chi connectivity index (χ4v) is 2.02. The molecule has 0 radical (unpaired) electrons. The fraction of sp³-hybridized carbons (Fsp3) is 0.188. The van der Waals surface area contributed by atoms with E-state index in [9.17, 15) is 14.0 Å². The van der Waals surface area contributed by atoms with E-state index in [-0.39, 0.29) is 17.0 Å². The van der Waals surface area contributed by atoms with Crippen molar-refractivity contribution in [2.45, 2.75) is 13.8 Å². The van der Waals surface area contributed by atoms with E-state index >= 15 is 0 Å². The number of benzene rings is 1. The van der Waals surface area contributed by atoms with Gasteiger partial charge in [0.05, 0.1) is 11.3 Å². The maximum absolute atomic E-state index is 14.0. The Morgan fingerprint density at radius 3 is 2.55 bits per heavy atom. The second-order valence-corrected chi connectivity index (χ2v) is 4.73. The molecule has 6 heteroatoms. The lowest BCUT2D eigenvalue weighted by Crippen LogP contribution is -2.23. The molecule has 1 heterocycles. The molecule has 2 aromatic rings. The zero-order valence-corrected chi connectivity index (χ0v) is 12.2. The lowest BCUT2D eigenvalue weighted by Gasteiger charge is -2.10. The van der Waals surface area contributed by atoms with Crippen molar-refractivity contribution in [1.82, 2.24) is 10.3 Å². The summed E-state index contributed by atoms with van der Waals surface area (Å²) in [4.78, 5) is 26.7. The SMILES string of the molecule is CCNC(=O)c1cc(F)c(C)c(-c2ccc(C(=O)O)cn2)c1. The third kappa shape index (κ3) is 3.11. The van der Waals surface area contributed by atoms with Crippen LogP contribution in [0.15, 0.2) is 30.5 Å². The first-order chi connectivity index (χ1) is 10.4. The number of aromatic nitrogens is 1. The van der Waals surface area contributed by atoms with Crippen LogP contribution in [0.2, 0.25) is 0 Å². The lowest BCUT2D eigenvalue weighted by molar-refractivity contribution is 0.0696. The first-order valence-electron chi connectivity index (χ1n) is 6.72. The van der Waals surface area contributed by atoms with Crippen LogP contribution < -0.4 is 5.32 Å². The number of carboxylic acids is 1. The Kier molecular flexibility index (Phi) is 4.50. The van der Waals surface area contributed by atoms with Gasteiger partial charge in [0.2, 0.25) is 0 Å². The number of aromatic carboxylic acids is 1. The zero-order valence-electron chi connectivity index (χ0n) is 12.2. The second kappa shape index (κ2) is 6.34. The molecule has 0 aliphatic carbocycles. The Bertz CT molecular complexity index is 727. The van der Waals surface area contributed by atoms with E-state index in [4.69, 9.17) is 5.11 Å². The second-order valence-electron chi connectivity index (χ2n) is 4.73. The van der Waals surface area contributed by atoms with E-state index in [1.807, 2.05) is 0 Å². The van der Waals surface area contributed by atoms with Gasteiger partial charge >= 0.3 is 5.97 Å². The van der Waals surface area contributed by atoms with Gasteiger partial charge in [0.25, 0.3) is 5.91 Å². The average Bonchev–Trinajstić information content (AvgIpc) is 2.50. The smallest absolute Gasteiger partial charge is 0.337 e. The highest BCUT2D eigenvalue weighted by molar-refractivity contribution is 5.95. The van der Waals surface area contributed by atoms with E-state index in [0.29, 0.717) is 23.4 Å². The van der Waals surface area contributed by atoms with Crippen molar-refractivity contribution in [3.05, 3.63) is 53.0 Å². The lowest BCUT2D eigenvalue weighted by atomic mass is 10.0. The highest BCUT2D eigenvalue weighted by Gasteiger charge is 2.14. The number of carboxylic acid groups (broad SMARTS) is 1. The Balaban J connectivity index is 2.49. The van der Waals surface area contributed by atoms with Crippen LogP contribution in [-0.2, 0) is 0 Å². The van der Waals surface area contributed by atoms with Crippen molar-refractivity contribution in [1.29, 1.82) is 0 Å². The molecule has 2 rings (SSSR count). The summed E-state index contributed by atoms with van der Waals surface area (Å²) in [6.45, 7) is 3.80. The van der Waals surface area contributed by atoms with E-state index in [1.165, 1.54) is 24.4 Å². The van der Waals surface area contributed by atoms with E-state index in [2.05, 4.69) is 10.3 Å². The van der Waals surface area contributed by atoms with Gasteiger partial charge in [0, 0.05) is 23.9 Å². The molecule has 0 aliphatic rings. The largest absolute Gasteiger partial charge is 0.478 e. The topological polar surface area (TPSA) is 79.3 Å². The summed E-state index contributed by atoms with van der Waals surface area (Å²) >= 11 is 0. The van der Waals surface area contributed by atoms with Crippen LogP contribution in [-0.4, -0.2) is 28.5 Å². The van der Waals surface area contributed by atoms with Gasteiger partial charge in [-0.15, -0.1) is 0 Å². The average molecular weight is 302 g/mol. The van der Waals surface area contributed by atoms with Gasteiger partial charge in [-0.1, -0.05) is 0 Å². The fourth-order valence-electron chi connectivity index (χ4n) is 2.02. The number of hydrogen-bond acceptors (Lipinski definition) is 3. The molecule has 0 atom stereocenters. The van der Waals surface area contributed by atoms with Gasteiger partial charge in [0.15, 0.2) is 0 Å². The summed E-state index contributed by atoms with van der Waals surface area (Å²) in [6, 6.07) is 5.61. The number of hydrogen-bond donors (Lipinski definition) is 2. The molecule has 1 amide bonds. The molecule has 0 aliphatic heterocycles. The van der Waals surface area contributed by atoms with E-state index < -0.39 is 11.8 Å². The molecule has 0 unspecified atom stereocenters. The van der Waals surface area contributed by atoms with Crippen molar-refractivity contribution in [2.24, 2.45) is 0 Å². The monoisotopic (exact) mass is 302 g/mol. The molecule has 1 aromatic heterocycles. The summed E-state index contributed by atoms with van der Waals surface area (Å²) in [5.41, 5.74) is 1.46. The minimum Gasteiger partial charge on any atom is -0.478 e. The summed E-state index contributed by atoms with van der Waals surface area (Å²) in [5.74, 6) is -1.97. The van der Waals surface area contributed by atoms with Crippen molar-refractivity contribution >= 4 is 11.9 Å². The molecule has 0 saturated heterocycles. The van der Waals surface area contributed by atoms with Crippen LogP contribution in [0.3, 0.4) is 0 Å². The normalized spacial score (nSPS) is 10.3. The van der Waals surface area contributed by atoms with Gasteiger partial charge < -0.3 is 10.4 Å². The summed E-state index contributed by atoms with van der Waals surface area (Å²) in [5, 5.41) is 11.5. The molecule has 0 saturated carbocycles. The predicted molar refractivity (Wildman–Crippen MR) is 79.3 cm³/mol. The van der Waals surface area contributed by atoms with Crippen molar-refractivity contribution in [3.63, 3.8) is 0 Å². The van der Waals surface area contributed by atoms with Gasteiger partial charge in [-0.2, -0.15) is 0 Å². The van der Waals surface area contributed by atoms with Crippen molar-refractivity contribution in [2.75, 3.05) is 6.54 Å². The number of carbonyl (C=O) groups excluding carboxylic acids is 1. The summed E-state index contributed by atoms with van der Waals surface area (Å²) in [6.07, 6.45) is 1.20. The molecule has 0 bridgehead atoms. The van der Waals surface area contributed by atoms with Crippen LogP contribution in [0.5, 0.6) is 0 Å². The highest BCUT2D eigenvalue weighted by atomic mass is 19.1. The number of nitrogens with one attached hydrogen (secondary N) is 1.